The fourth-order valence-corrected chi connectivity index (χ4v) is 4.88. The lowest BCUT2D eigenvalue weighted by Crippen LogP contribution is -2.53. The molecule has 6 heteroatoms. The first kappa shape index (κ1) is 14.0. The van der Waals surface area contributed by atoms with Crippen LogP contribution in [0.2, 0.25) is 0 Å². The highest BCUT2D eigenvalue weighted by atomic mass is 32.2. The van der Waals surface area contributed by atoms with Gasteiger partial charge in [0.2, 0.25) is 0 Å². The fraction of sp³-hybridized carbons (Fsp3) is 0.900. The molecule has 1 fully saturated rings. The standard InChI is InChI=1S/C10H19NO3S2/c1-4-16(13,14)10-7-15-6-5-11(10)8(2)9(3)12/h8,10H,4-7H2,1-3H3. The number of carbonyl (C=O) groups excluding carboxylic acids is 1. The Morgan fingerprint density at radius 3 is 2.69 bits per heavy atom. The SMILES string of the molecule is CCS(=O)(=O)C1CSCCN1C(C)C(C)=O. The predicted octanol–water partition coefficient (Wildman–Crippen LogP) is 0.774. The van der Waals surface area contributed by atoms with Gasteiger partial charge in [0.15, 0.2) is 9.84 Å². The second-order valence-corrected chi connectivity index (χ2v) is 7.60. The topological polar surface area (TPSA) is 54.5 Å². The van der Waals surface area contributed by atoms with Crippen LogP contribution in [0.4, 0.5) is 0 Å². The van der Waals surface area contributed by atoms with Crippen molar-refractivity contribution in [2.75, 3.05) is 23.8 Å². The van der Waals surface area contributed by atoms with Gasteiger partial charge in [-0.2, -0.15) is 11.8 Å². The molecule has 0 aliphatic carbocycles. The fourth-order valence-electron chi connectivity index (χ4n) is 1.77. The van der Waals surface area contributed by atoms with E-state index in [1.807, 2.05) is 4.90 Å². The molecule has 1 heterocycles. The van der Waals surface area contributed by atoms with E-state index in [-0.39, 0.29) is 17.6 Å². The minimum Gasteiger partial charge on any atom is -0.298 e. The summed E-state index contributed by atoms with van der Waals surface area (Å²) in [5.74, 6) is 1.64. The summed E-state index contributed by atoms with van der Waals surface area (Å²) < 4.78 is 23.9. The first-order valence-electron chi connectivity index (χ1n) is 5.45. The summed E-state index contributed by atoms with van der Waals surface area (Å²) in [6.07, 6.45) is 0. The number of rotatable bonds is 4. The van der Waals surface area contributed by atoms with Crippen molar-refractivity contribution in [2.24, 2.45) is 0 Å². The number of carbonyl (C=O) groups is 1. The smallest absolute Gasteiger partial charge is 0.166 e. The van der Waals surface area contributed by atoms with E-state index in [1.54, 1.807) is 25.6 Å². The summed E-state index contributed by atoms with van der Waals surface area (Å²) in [5, 5.41) is -0.491. The molecule has 0 aromatic carbocycles. The number of Topliss-reactive ketones (excluding diaryl/α,β-unsaturated/α-hetero) is 1. The van der Waals surface area contributed by atoms with Crippen molar-refractivity contribution in [2.45, 2.75) is 32.2 Å². The average Bonchev–Trinajstić information content (AvgIpc) is 2.28. The number of hydrogen-bond donors (Lipinski definition) is 0. The van der Waals surface area contributed by atoms with Crippen LogP contribution in [0.3, 0.4) is 0 Å². The summed E-state index contributed by atoms with van der Waals surface area (Å²) in [6.45, 7) is 5.64. The van der Waals surface area contributed by atoms with Crippen molar-refractivity contribution < 1.29 is 13.2 Å². The Hall–Kier alpha value is -0.0700. The van der Waals surface area contributed by atoms with Crippen molar-refractivity contribution >= 4 is 27.4 Å². The van der Waals surface area contributed by atoms with E-state index >= 15 is 0 Å². The molecule has 0 radical (unpaired) electrons. The van der Waals surface area contributed by atoms with Gasteiger partial charge in [0, 0.05) is 23.8 Å². The van der Waals surface area contributed by atoms with E-state index in [0.717, 1.165) is 5.75 Å². The highest BCUT2D eigenvalue weighted by Crippen LogP contribution is 2.23. The molecule has 0 N–H and O–H groups in total. The molecule has 1 aliphatic heterocycles. The summed E-state index contributed by atoms with van der Waals surface area (Å²) >= 11 is 1.65. The highest BCUT2D eigenvalue weighted by molar-refractivity contribution is 8.01. The largest absolute Gasteiger partial charge is 0.298 e. The molecule has 2 unspecified atom stereocenters. The van der Waals surface area contributed by atoms with Gasteiger partial charge in [-0.05, 0) is 13.8 Å². The molecule has 4 nitrogen and oxygen atoms in total. The molecule has 0 aromatic rings. The lowest BCUT2D eigenvalue weighted by atomic mass is 10.2. The average molecular weight is 265 g/mol. The van der Waals surface area contributed by atoms with Crippen LogP contribution in [0, 0.1) is 0 Å². The molecule has 0 saturated carbocycles. The van der Waals surface area contributed by atoms with Gasteiger partial charge in [-0.3, -0.25) is 9.69 Å². The first-order valence-corrected chi connectivity index (χ1v) is 8.32. The molecule has 0 spiro atoms. The zero-order chi connectivity index (χ0) is 12.3. The van der Waals surface area contributed by atoms with Crippen LogP contribution in [-0.4, -0.2) is 54.3 Å². The van der Waals surface area contributed by atoms with Gasteiger partial charge in [0.05, 0.1) is 6.04 Å². The van der Waals surface area contributed by atoms with Crippen LogP contribution in [-0.2, 0) is 14.6 Å². The van der Waals surface area contributed by atoms with Gasteiger partial charge in [-0.25, -0.2) is 8.42 Å². The maximum atomic E-state index is 11.9. The van der Waals surface area contributed by atoms with Gasteiger partial charge < -0.3 is 0 Å². The molecule has 0 amide bonds. The second-order valence-electron chi connectivity index (χ2n) is 4.01. The zero-order valence-corrected chi connectivity index (χ0v) is 11.6. The number of hydrogen-bond acceptors (Lipinski definition) is 5. The van der Waals surface area contributed by atoms with Crippen molar-refractivity contribution in [1.82, 2.24) is 4.90 Å². The van der Waals surface area contributed by atoms with E-state index in [2.05, 4.69) is 0 Å². The zero-order valence-electron chi connectivity index (χ0n) is 9.97. The van der Waals surface area contributed by atoms with E-state index in [0.29, 0.717) is 12.3 Å². The molecule has 1 rings (SSSR count). The maximum absolute atomic E-state index is 11.9. The minimum atomic E-state index is -3.10. The molecule has 2 atom stereocenters. The maximum Gasteiger partial charge on any atom is 0.166 e. The molecule has 16 heavy (non-hydrogen) atoms. The Balaban J connectivity index is 2.92. The number of nitrogens with zero attached hydrogens (tertiary/aromatic N) is 1. The summed E-state index contributed by atoms with van der Waals surface area (Å²) in [4.78, 5) is 13.2. The summed E-state index contributed by atoms with van der Waals surface area (Å²) in [7, 11) is -3.10. The van der Waals surface area contributed by atoms with Gasteiger partial charge in [-0.15, -0.1) is 0 Å². The van der Waals surface area contributed by atoms with Gasteiger partial charge in [0.1, 0.15) is 11.2 Å². The Morgan fingerprint density at radius 2 is 2.19 bits per heavy atom. The second kappa shape index (κ2) is 5.51. The Morgan fingerprint density at radius 1 is 1.56 bits per heavy atom. The Kier molecular flexibility index (Phi) is 4.82. The van der Waals surface area contributed by atoms with E-state index < -0.39 is 15.2 Å². The van der Waals surface area contributed by atoms with Crippen molar-refractivity contribution in [3.8, 4) is 0 Å². The normalized spacial score (nSPS) is 25.3. The lowest BCUT2D eigenvalue weighted by Gasteiger charge is -2.37. The van der Waals surface area contributed by atoms with Crippen molar-refractivity contribution in [3.63, 3.8) is 0 Å². The summed E-state index contributed by atoms with van der Waals surface area (Å²) in [6, 6.07) is -0.299. The highest BCUT2D eigenvalue weighted by Gasteiger charge is 2.36. The van der Waals surface area contributed by atoms with Crippen LogP contribution in [0.25, 0.3) is 0 Å². The molecule has 0 bridgehead atoms. The van der Waals surface area contributed by atoms with Crippen LogP contribution >= 0.6 is 11.8 Å². The van der Waals surface area contributed by atoms with Crippen molar-refractivity contribution in [3.05, 3.63) is 0 Å². The third-order valence-electron chi connectivity index (χ3n) is 3.03. The van der Waals surface area contributed by atoms with Crippen molar-refractivity contribution in [1.29, 1.82) is 0 Å². The lowest BCUT2D eigenvalue weighted by molar-refractivity contribution is -0.121. The molecular formula is C10H19NO3S2. The third kappa shape index (κ3) is 2.99. The summed E-state index contributed by atoms with van der Waals surface area (Å²) in [5.41, 5.74) is 0. The minimum absolute atomic E-state index is 0.0307. The van der Waals surface area contributed by atoms with Crippen LogP contribution < -0.4 is 0 Å². The molecule has 1 aliphatic rings. The van der Waals surface area contributed by atoms with Gasteiger partial charge in [-0.1, -0.05) is 6.92 Å². The molecule has 1 saturated heterocycles. The van der Waals surface area contributed by atoms with Crippen LogP contribution in [0.15, 0.2) is 0 Å². The van der Waals surface area contributed by atoms with Gasteiger partial charge in [0.25, 0.3) is 0 Å². The number of sulfone groups is 1. The third-order valence-corrected chi connectivity index (χ3v) is 6.33. The predicted molar refractivity (Wildman–Crippen MR) is 67.4 cm³/mol. The molecule has 0 aromatic heterocycles. The van der Waals surface area contributed by atoms with Crippen LogP contribution in [0.5, 0.6) is 0 Å². The quantitative estimate of drug-likeness (QED) is 0.751. The van der Waals surface area contributed by atoms with Crippen LogP contribution in [0.1, 0.15) is 20.8 Å². The van der Waals surface area contributed by atoms with Gasteiger partial charge >= 0.3 is 0 Å². The number of ketones is 1. The Labute approximate surface area is 102 Å². The molecular weight excluding hydrogens is 246 g/mol. The van der Waals surface area contributed by atoms with E-state index in [9.17, 15) is 13.2 Å². The molecule has 94 valence electrons. The number of thioether (sulfide) groups is 1. The first-order chi connectivity index (χ1) is 7.40. The van der Waals surface area contributed by atoms with E-state index in [4.69, 9.17) is 0 Å². The van der Waals surface area contributed by atoms with E-state index in [1.165, 1.54) is 6.92 Å². The monoisotopic (exact) mass is 265 g/mol. The Bertz CT molecular complexity index is 353.